The second-order valence-corrected chi connectivity index (χ2v) is 3.16. The zero-order valence-electron chi connectivity index (χ0n) is 5.99. The second-order valence-electron chi connectivity index (χ2n) is 2.55. The highest BCUT2D eigenvalue weighted by Crippen LogP contribution is 2.18. The summed E-state index contributed by atoms with van der Waals surface area (Å²) in [5.41, 5.74) is 1.07. The van der Waals surface area contributed by atoms with Crippen molar-refractivity contribution in [3.05, 3.63) is 11.1 Å². The molecule has 0 amide bonds. The van der Waals surface area contributed by atoms with Gasteiger partial charge in [0, 0.05) is 18.0 Å². The van der Waals surface area contributed by atoms with E-state index < -0.39 is 0 Å². The predicted molar refractivity (Wildman–Crippen MR) is 47.0 cm³/mol. The minimum absolute atomic E-state index is 0. The molecule has 0 spiro atoms. The maximum Gasteiger partial charge on any atom is 0.0893 e. The predicted octanol–water partition coefficient (Wildman–Crippen LogP) is 1.21. The quantitative estimate of drug-likeness (QED) is 0.781. The third kappa shape index (κ3) is 2.73. The number of halogens is 1. The molecule has 1 aromatic heterocycles. The number of rotatable bonds is 3. The molecule has 1 heterocycles. The van der Waals surface area contributed by atoms with Crippen molar-refractivity contribution in [2.75, 3.05) is 0 Å². The summed E-state index contributed by atoms with van der Waals surface area (Å²) in [5.74, 6) is 0. The van der Waals surface area contributed by atoms with Crippen LogP contribution in [0.5, 0.6) is 0 Å². The van der Waals surface area contributed by atoms with E-state index >= 15 is 0 Å². The van der Waals surface area contributed by atoms with Gasteiger partial charge in [-0.2, -0.15) is 0 Å². The Morgan fingerprint density at radius 3 is 3.00 bits per heavy atom. The van der Waals surface area contributed by atoms with Crippen LogP contribution in [-0.4, -0.2) is 15.6 Å². The van der Waals surface area contributed by atoms with E-state index in [1.54, 1.807) is 0 Å². The highest BCUT2D eigenvalue weighted by molar-refractivity contribution is 7.03. The van der Waals surface area contributed by atoms with Crippen molar-refractivity contribution in [2.24, 2.45) is 0 Å². The fraction of sp³-hybridized carbons (Fsp3) is 0.667. The fourth-order valence-electron chi connectivity index (χ4n) is 0.797. The highest BCUT2D eigenvalue weighted by Gasteiger charge is 2.20. The summed E-state index contributed by atoms with van der Waals surface area (Å²) in [6.07, 6.45) is 2.66. The summed E-state index contributed by atoms with van der Waals surface area (Å²) >= 11 is 1.41. The van der Waals surface area contributed by atoms with Crippen LogP contribution in [0, 0.1) is 0 Å². The van der Waals surface area contributed by atoms with Gasteiger partial charge >= 0.3 is 0 Å². The van der Waals surface area contributed by atoms with Gasteiger partial charge in [-0.05, 0) is 24.4 Å². The van der Waals surface area contributed by atoms with Gasteiger partial charge in [-0.1, -0.05) is 4.49 Å². The van der Waals surface area contributed by atoms with Crippen LogP contribution in [0.25, 0.3) is 0 Å². The second kappa shape index (κ2) is 3.99. The zero-order valence-corrected chi connectivity index (χ0v) is 7.62. The van der Waals surface area contributed by atoms with Gasteiger partial charge in [-0.15, -0.1) is 17.5 Å². The number of aromatic nitrogens is 2. The minimum Gasteiger partial charge on any atom is -0.308 e. The third-order valence-electron chi connectivity index (χ3n) is 1.55. The van der Waals surface area contributed by atoms with E-state index in [2.05, 4.69) is 14.9 Å². The largest absolute Gasteiger partial charge is 0.308 e. The van der Waals surface area contributed by atoms with Crippen LogP contribution in [0.1, 0.15) is 18.5 Å². The van der Waals surface area contributed by atoms with Crippen molar-refractivity contribution in [3.8, 4) is 0 Å². The first-order valence-corrected chi connectivity index (χ1v) is 4.28. The summed E-state index contributed by atoms with van der Waals surface area (Å²) in [5, 5.41) is 9.27. The van der Waals surface area contributed by atoms with Gasteiger partial charge in [0.2, 0.25) is 0 Å². The topological polar surface area (TPSA) is 37.8 Å². The lowest BCUT2D eigenvalue weighted by Gasteiger charge is -1.95. The first-order valence-electron chi connectivity index (χ1n) is 3.44. The molecule has 62 valence electrons. The average Bonchev–Trinajstić information content (AvgIpc) is 2.63. The van der Waals surface area contributed by atoms with Crippen molar-refractivity contribution in [2.45, 2.75) is 25.4 Å². The summed E-state index contributed by atoms with van der Waals surface area (Å²) < 4.78 is 3.77. The molecule has 11 heavy (non-hydrogen) atoms. The molecule has 0 bridgehead atoms. The molecule has 5 heteroatoms. The monoisotopic (exact) mass is 191 g/mol. The molecule has 0 aromatic carbocycles. The molecule has 1 saturated carbocycles. The Hall–Kier alpha value is -0.190. The smallest absolute Gasteiger partial charge is 0.0893 e. The Balaban J connectivity index is 0.000000605. The molecule has 1 aliphatic rings. The van der Waals surface area contributed by atoms with Crippen molar-refractivity contribution in [3.63, 3.8) is 0 Å². The van der Waals surface area contributed by atoms with E-state index in [0.29, 0.717) is 0 Å². The zero-order chi connectivity index (χ0) is 6.81. The van der Waals surface area contributed by atoms with Crippen LogP contribution in [0.3, 0.4) is 0 Å². The van der Waals surface area contributed by atoms with Crippen LogP contribution in [-0.2, 0) is 6.54 Å². The van der Waals surface area contributed by atoms with Gasteiger partial charge in [0.05, 0.1) is 5.69 Å². The van der Waals surface area contributed by atoms with Crippen LogP contribution in [0.4, 0.5) is 0 Å². The minimum atomic E-state index is 0. The average molecular weight is 192 g/mol. The third-order valence-corrected chi connectivity index (χ3v) is 2.11. The van der Waals surface area contributed by atoms with Crippen molar-refractivity contribution in [1.82, 2.24) is 14.9 Å². The first-order chi connectivity index (χ1) is 4.95. The summed E-state index contributed by atoms with van der Waals surface area (Å²) in [6, 6.07) is 0.765. The summed E-state index contributed by atoms with van der Waals surface area (Å²) in [4.78, 5) is 0. The van der Waals surface area contributed by atoms with Crippen LogP contribution in [0.15, 0.2) is 5.38 Å². The highest BCUT2D eigenvalue weighted by atomic mass is 35.5. The van der Waals surface area contributed by atoms with E-state index in [1.807, 2.05) is 5.38 Å². The van der Waals surface area contributed by atoms with E-state index in [9.17, 15) is 0 Å². The summed E-state index contributed by atoms with van der Waals surface area (Å²) in [6.45, 7) is 0.890. The standard InChI is InChI=1S/C6H9N3S.ClH/c1-2-5(1)7-3-6-4-10-9-8-6;/h4-5,7H,1-3H2;1H. The van der Waals surface area contributed by atoms with E-state index in [-0.39, 0.29) is 12.4 Å². The normalized spacial score (nSPS) is 16.0. The van der Waals surface area contributed by atoms with Crippen LogP contribution < -0.4 is 5.32 Å². The van der Waals surface area contributed by atoms with E-state index in [4.69, 9.17) is 0 Å². The Bertz CT molecular complexity index is 198. The molecule has 1 fully saturated rings. The van der Waals surface area contributed by atoms with Crippen molar-refractivity contribution in [1.29, 1.82) is 0 Å². The fourth-order valence-corrected chi connectivity index (χ4v) is 1.25. The lowest BCUT2D eigenvalue weighted by atomic mass is 10.5. The first kappa shape index (κ1) is 8.90. The van der Waals surface area contributed by atoms with E-state index in [1.165, 1.54) is 24.4 Å². The Labute approximate surface area is 75.8 Å². The van der Waals surface area contributed by atoms with Crippen molar-refractivity contribution >= 4 is 23.9 Å². The van der Waals surface area contributed by atoms with E-state index in [0.717, 1.165) is 18.3 Å². The van der Waals surface area contributed by atoms with Crippen LogP contribution >= 0.6 is 23.9 Å². The molecule has 2 rings (SSSR count). The Morgan fingerprint density at radius 1 is 1.64 bits per heavy atom. The number of nitrogens with zero attached hydrogens (tertiary/aromatic N) is 2. The molecule has 1 aliphatic carbocycles. The van der Waals surface area contributed by atoms with Crippen molar-refractivity contribution < 1.29 is 0 Å². The molecule has 1 N–H and O–H groups in total. The number of hydrogen-bond acceptors (Lipinski definition) is 4. The molecule has 0 atom stereocenters. The maximum absolute atomic E-state index is 3.92. The van der Waals surface area contributed by atoms with Gasteiger partial charge in [-0.3, -0.25) is 0 Å². The van der Waals surface area contributed by atoms with Gasteiger partial charge < -0.3 is 5.32 Å². The lowest BCUT2D eigenvalue weighted by molar-refractivity contribution is 0.672. The molecular weight excluding hydrogens is 182 g/mol. The van der Waals surface area contributed by atoms with Gasteiger partial charge in [0.25, 0.3) is 0 Å². The molecule has 0 aliphatic heterocycles. The maximum atomic E-state index is 3.92. The molecule has 1 aromatic rings. The molecule has 3 nitrogen and oxygen atoms in total. The Morgan fingerprint density at radius 2 is 2.45 bits per heavy atom. The van der Waals surface area contributed by atoms with Gasteiger partial charge in [0.1, 0.15) is 0 Å². The SMILES string of the molecule is Cl.c1snnc1CNC1CC1. The van der Waals surface area contributed by atoms with Crippen LogP contribution in [0.2, 0.25) is 0 Å². The number of nitrogens with one attached hydrogen (secondary N) is 1. The summed E-state index contributed by atoms with van der Waals surface area (Å²) in [7, 11) is 0. The Kier molecular flexibility index (Phi) is 3.23. The molecule has 0 saturated heterocycles. The number of hydrogen-bond donors (Lipinski definition) is 1. The lowest BCUT2D eigenvalue weighted by Crippen LogP contribution is -2.15. The molecule has 0 unspecified atom stereocenters. The van der Waals surface area contributed by atoms with Gasteiger partial charge in [-0.25, -0.2) is 0 Å². The van der Waals surface area contributed by atoms with Gasteiger partial charge in [0.15, 0.2) is 0 Å². The molecular formula is C6H10ClN3S. The molecule has 0 radical (unpaired) electrons.